The Labute approximate surface area is 108 Å². The summed E-state index contributed by atoms with van der Waals surface area (Å²) < 4.78 is 0.774. The molecule has 0 bridgehead atoms. The Hall–Kier alpha value is -0.580. The van der Waals surface area contributed by atoms with Crippen LogP contribution in [0.2, 0.25) is 5.02 Å². The summed E-state index contributed by atoms with van der Waals surface area (Å²) in [6.45, 7) is 4.11. The molecule has 0 aliphatic carbocycles. The monoisotopic (exact) mass is 304 g/mol. The smallest absolute Gasteiger partial charge is 0.251 e. The lowest BCUT2D eigenvalue weighted by Gasteiger charge is -2.24. The Balaban J connectivity index is 2.89. The lowest BCUT2D eigenvalue weighted by atomic mass is 10.1. The molecule has 3 nitrogen and oxygen atoms in total. The van der Waals surface area contributed by atoms with Crippen molar-refractivity contribution in [2.45, 2.75) is 19.4 Å². The molecule has 1 aromatic carbocycles. The quantitative estimate of drug-likeness (QED) is 0.902. The maximum absolute atomic E-state index is 11.9. The van der Waals surface area contributed by atoms with Crippen LogP contribution >= 0.6 is 27.5 Å². The summed E-state index contributed by atoms with van der Waals surface area (Å²) in [6.07, 6.45) is 0. The number of amides is 1. The Bertz CT molecular complexity index is 387. The number of carbonyl (C=O) groups excluding carboxylic acids is 1. The Kier molecular flexibility index (Phi) is 4.35. The average molecular weight is 306 g/mol. The molecule has 1 aromatic rings. The predicted octanol–water partition coefficient (Wildman–Crippen LogP) is 2.57. The van der Waals surface area contributed by atoms with E-state index in [9.17, 15) is 4.79 Å². The third kappa shape index (κ3) is 3.77. The highest BCUT2D eigenvalue weighted by molar-refractivity contribution is 9.10. The van der Waals surface area contributed by atoms with Gasteiger partial charge in [-0.15, -0.1) is 0 Å². The molecule has 0 heterocycles. The molecule has 0 fully saturated rings. The molecule has 0 spiro atoms. The van der Waals surface area contributed by atoms with Crippen molar-refractivity contribution in [1.29, 1.82) is 0 Å². The summed E-state index contributed by atoms with van der Waals surface area (Å²) in [7, 11) is 0. The zero-order valence-electron chi connectivity index (χ0n) is 9.18. The van der Waals surface area contributed by atoms with Crippen molar-refractivity contribution < 1.29 is 4.79 Å². The third-order valence-corrected chi connectivity index (χ3v) is 2.76. The first-order valence-corrected chi connectivity index (χ1v) is 6.00. The van der Waals surface area contributed by atoms with Crippen molar-refractivity contribution in [3.05, 3.63) is 33.3 Å². The van der Waals surface area contributed by atoms with Crippen molar-refractivity contribution in [2.24, 2.45) is 5.73 Å². The standard InChI is InChI=1S/C11H14BrClN2O/c1-11(2,6-14)15-10(16)7-3-8(12)5-9(13)4-7/h3-5H,6,14H2,1-2H3,(H,15,16). The molecule has 0 unspecified atom stereocenters. The lowest BCUT2D eigenvalue weighted by molar-refractivity contribution is 0.0915. The number of nitrogens with two attached hydrogens (primary N) is 1. The predicted molar refractivity (Wildman–Crippen MR) is 69.8 cm³/mol. The summed E-state index contributed by atoms with van der Waals surface area (Å²) >= 11 is 9.15. The fraction of sp³-hybridized carbons (Fsp3) is 0.364. The van der Waals surface area contributed by atoms with E-state index in [0.29, 0.717) is 17.1 Å². The first-order chi connectivity index (χ1) is 7.34. The summed E-state index contributed by atoms with van der Waals surface area (Å²) in [4.78, 5) is 11.9. The minimum atomic E-state index is -0.425. The van der Waals surface area contributed by atoms with Crippen molar-refractivity contribution in [3.8, 4) is 0 Å². The van der Waals surface area contributed by atoms with Gasteiger partial charge in [0.1, 0.15) is 0 Å². The Morgan fingerprint density at radius 1 is 1.50 bits per heavy atom. The molecule has 0 aromatic heterocycles. The van der Waals surface area contributed by atoms with Gasteiger partial charge in [-0.05, 0) is 32.0 Å². The molecule has 0 aliphatic heterocycles. The number of halogens is 2. The number of hydrogen-bond donors (Lipinski definition) is 2. The summed E-state index contributed by atoms with van der Waals surface area (Å²) in [5.74, 6) is -0.182. The summed E-state index contributed by atoms with van der Waals surface area (Å²) in [5, 5.41) is 3.35. The van der Waals surface area contributed by atoms with E-state index in [4.69, 9.17) is 17.3 Å². The first-order valence-electron chi connectivity index (χ1n) is 4.83. The van der Waals surface area contributed by atoms with E-state index in [-0.39, 0.29) is 5.91 Å². The highest BCUT2D eigenvalue weighted by Gasteiger charge is 2.19. The van der Waals surface area contributed by atoms with Gasteiger partial charge in [0.05, 0.1) is 0 Å². The fourth-order valence-electron chi connectivity index (χ4n) is 1.12. The largest absolute Gasteiger partial charge is 0.346 e. The number of benzene rings is 1. The molecule has 1 rings (SSSR count). The molecule has 16 heavy (non-hydrogen) atoms. The topological polar surface area (TPSA) is 55.1 Å². The second kappa shape index (κ2) is 5.17. The SMILES string of the molecule is CC(C)(CN)NC(=O)c1cc(Cl)cc(Br)c1. The zero-order chi connectivity index (χ0) is 12.3. The number of rotatable bonds is 3. The van der Waals surface area contributed by atoms with Gasteiger partial charge in [-0.25, -0.2) is 0 Å². The zero-order valence-corrected chi connectivity index (χ0v) is 11.5. The van der Waals surface area contributed by atoms with E-state index in [2.05, 4.69) is 21.2 Å². The van der Waals surface area contributed by atoms with Crippen LogP contribution in [0.1, 0.15) is 24.2 Å². The maximum atomic E-state index is 11.9. The van der Waals surface area contributed by atoms with Gasteiger partial charge in [0, 0.05) is 27.1 Å². The molecule has 0 saturated heterocycles. The van der Waals surface area contributed by atoms with Crippen molar-refractivity contribution in [2.75, 3.05) is 6.54 Å². The maximum Gasteiger partial charge on any atom is 0.251 e. The van der Waals surface area contributed by atoms with Gasteiger partial charge in [0.25, 0.3) is 5.91 Å². The molecule has 5 heteroatoms. The number of hydrogen-bond acceptors (Lipinski definition) is 2. The minimum Gasteiger partial charge on any atom is -0.346 e. The van der Waals surface area contributed by atoms with Crippen molar-refractivity contribution in [1.82, 2.24) is 5.32 Å². The van der Waals surface area contributed by atoms with E-state index >= 15 is 0 Å². The van der Waals surface area contributed by atoms with Crippen LogP contribution in [0, 0.1) is 0 Å². The van der Waals surface area contributed by atoms with Gasteiger partial charge < -0.3 is 11.1 Å². The van der Waals surface area contributed by atoms with Gasteiger partial charge in [0.15, 0.2) is 0 Å². The molecule has 1 amide bonds. The first kappa shape index (κ1) is 13.5. The second-order valence-electron chi connectivity index (χ2n) is 4.20. The van der Waals surface area contributed by atoms with Crippen molar-refractivity contribution >= 4 is 33.4 Å². The van der Waals surface area contributed by atoms with Crippen LogP contribution in [0.15, 0.2) is 22.7 Å². The highest BCUT2D eigenvalue weighted by atomic mass is 79.9. The van der Waals surface area contributed by atoms with Crippen molar-refractivity contribution in [3.63, 3.8) is 0 Å². The van der Waals surface area contributed by atoms with Gasteiger partial charge in [-0.1, -0.05) is 27.5 Å². The Morgan fingerprint density at radius 3 is 2.62 bits per heavy atom. The van der Waals surface area contributed by atoms with E-state index in [1.165, 1.54) is 0 Å². The molecular weight excluding hydrogens is 291 g/mol. The van der Waals surface area contributed by atoms with Crippen LogP contribution in [0.25, 0.3) is 0 Å². The fourth-order valence-corrected chi connectivity index (χ4v) is 1.98. The van der Waals surface area contributed by atoms with Gasteiger partial charge >= 0.3 is 0 Å². The molecule has 0 saturated carbocycles. The van der Waals surface area contributed by atoms with E-state index < -0.39 is 5.54 Å². The van der Waals surface area contributed by atoms with Crippen LogP contribution in [-0.2, 0) is 0 Å². The van der Waals surface area contributed by atoms with Gasteiger partial charge in [-0.2, -0.15) is 0 Å². The van der Waals surface area contributed by atoms with E-state index in [1.807, 2.05) is 13.8 Å². The van der Waals surface area contributed by atoms with E-state index in [1.54, 1.807) is 18.2 Å². The lowest BCUT2D eigenvalue weighted by Crippen LogP contribution is -2.48. The van der Waals surface area contributed by atoms with E-state index in [0.717, 1.165) is 4.47 Å². The highest BCUT2D eigenvalue weighted by Crippen LogP contribution is 2.19. The normalized spacial score (nSPS) is 11.3. The number of nitrogens with one attached hydrogen (secondary N) is 1. The molecular formula is C11H14BrClN2O. The molecule has 0 aliphatic rings. The molecule has 0 radical (unpaired) electrons. The van der Waals surface area contributed by atoms with Crippen LogP contribution < -0.4 is 11.1 Å². The molecule has 0 atom stereocenters. The van der Waals surface area contributed by atoms with Gasteiger partial charge in [-0.3, -0.25) is 4.79 Å². The Morgan fingerprint density at radius 2 is 2.12 bits per heavy atom. The number of carbonyl (C=O) groups is 1. The third-order valence-electron chi connectivity index (χ3n) is 2.09. The van der Waals surface area contributed by atoms with Crippen LogP contribution in [0.3, 0.4) is 0 Å². The van der Waals surface area contributed by atoms with Crippen LogP contribution in [0.5, 0.6) is 0 Å². The minimum absolute atomic E-state index is 0.182. The summed E-state index contributed by atoms with van der Waals surface area (Å²) in [6, 6.07) is 5.06. The molecule has 3 N–H and O–H groups in total. The van der Waals surface area contributed by atoms with Crippen LogP contribution in [-0.4, -0.2) is 18.0 Å². The summed E-state index contributed by atoms with van der Waals surface area (Å²) in [5.41, 5.74) is 5.63. The molecule has 88 valence electrons. The van der Waals surface area contributed by atoms with Gasteiger partial charge in [0.2, 0.25) is 0 Å². The van der Waals surface area contributed by atoms with Crippen LogP contribution in [0.4, 0.5) is 0 Å². The second-order valence-corrected chi connectivity index (χ2v) is 5.55. The average Bonchev–Trinajstić information content (AvgIpc) is 2.15.